The molecule has 0 rings (SSSR count). The fourth-order valence-electron chi connectivity index (χ4n) is 0. The first-order chi connectivity index (χ1) is 3.46. The summed E-state index contributed by atoms with van der Waals surface area (Å²) in [5.41, 5.74) is 0. The van der Waals surface area contributed by atoms with Crippen LogP contribution in [0, 0.1) is 66.2 Å². The maximum Gasteiger partial charge on any atom is 3.00 e. The van der Waals surface area contributed by atoms with Crippen molar-refractivity contribution >= 4 is 26.2 Å². The van der Waals surface area contributed by atoms with Gasteiger partial charge in [0.2, 0.25) is 0 Å². The van der Waals surface area contributed by atoms with E-state index in [4.69, 9.17) is 30.6 Å². The van der Waals surface area contributed by atoms with Crippen molar-refractivity contribution in [2.24, 2.45) is 0 Å². The normalized spacial score (nSPS) is 4.80. The van der Waals surface area contributed by atoms with Crippen LogP contribution in [0.2, 0.25) is 0 Å². The van der Waals surface area contributed by atoms with E-state index in [1.165, 1.54) is 0 Å². The fraction of sp³-hybridized carbons (Fsp3) is 0. The molecule has 2 radical (unpaired) electrons. The number of hydrogen-bond acceptors (Lipinski definition) is 6. The molecule has 0 saturated carbocycles. The largest absolute Gasteiger partial charge is 3.00 e. The van der Waals surface area contributed by atoms with Crippen LogP contribution in [0.4, 0.5) is 0 Å². The molecule has 8 nitrogen and oxygen atoms in total. The second kappa shape index (κ2) is 16.2. The summed E-state index contributed by atoms with van der Waals surface area (Å²) >= 11 is 0. The van der Waals surface area contributed by atoms with E-state index in [2.05, 4.69) is 0 Å². The molecule has 0 bridgehead atoms. The summed E-state index contributed by atoms with van der Waals surface area (Å²) in [4.78, 5) is 16.5. The molecule has 0 aromatic heterocycles. The maximum atomic E-state index is 8.25. The van der Waals surface area contributed by atoms with Crippen molar-refractivity contribution < 1.29 is 45.8 Å². The van der Waals surface area contributed by atoms with E-state index in [9.17, 15) is 0 Å². The van der Waals surface area contributed by atoms with Gasteiger partial charge in [-0.05, 0) is 0 Å². The Hall–Kier alpha value is 0.478. The van der Waals surface area contributed by atoms with E-state index in [1.54, 1.807) is 0 Å². The zero-order chi connectivity index (χ0) is 7.15. The zero-order valence-corrected chi connectivity index (χ0v) is 11.5. The monoisotopic (exact) mass is 472 g/mol. The van der Waals surface area contributed by atoms with Gasteiger partial charge in [-0.1, -0.05) is 0 Å². The summed E-state index contributed by atoms with van der Waals surface area (Å²) in [6, 6.07) is 0. The quantitative estimate of drug-likeness (QED) is 0.256. The minimum atomic E-state index is -1.75. The first-order valence-corrected chi connectivity index (χ1v) is 1.10. The van der Waals surface area contributed by atoms with Crippen LogP contribution in [0.3, 0.4) is 0 Å². The molecule has 0 saturated heterocycles. The Morgan fingerprint density at radius 2 is 0.800 bits per heavy atom. The van der Waals surface area contributed by atoms with Crippen LogP contribution >= 0.6 is 0 Å². The molecule has 0 amide bonds. The van der Waals surface area contributed by atoms with Crippen LogP contribution in [-0.4, -0.2) is 36.4 Å². The van der Waals surface area contributed by atoms with Gasteiger partial charge < -0.3 is 30.6 Å². The minimum Gasteiger partial charge on any atom is -0.356 e. The van der Waals surface area contributed by atoms with Crippen LogP contribution in [0.25, 0.3) is 0 Å². The summed E-state index contributed by atoms with van der Waals surface area (Å²) in [7, 11) is 0. The van der Waals surface area contributed by atoms with Crippen molar-refractivity contribution in [1.29, 1.82) is 0 Å². The first kappa shape index (κ1) is 22.4. The summed E-state index contributed by atoms with van der Waals surface area (Å²) in [5, 5.41) is 29.5. The van der Waals surface area contributed by atoms with Crippen molar-refractivity contribution in [1.82, 2.24) is 0 Å². The summed E-state index contributed by atoms with van der Waals surface area (Å²) < 4.78 is 0. The Morgan fingerprint density at radius 3 is 0.800 bits per heavy atom. The molecule has 10 heavy (non-hydrogen) atoms. The average Bonchev–Trinajstić information content (AvgIpc) is 1.25. The number of nitrogens with zero attached hydrogens (tertiary/aromatic N) is 2. The van der Waals surface area contributed by atoms with E-state index >= 15 is 0 Å². The van der Waals surface area contributed by atoms with Crippen molar-refractivity contribution in [3.8, 4) is 0 Å². The van der Waals surface area contributed by atoms with Gasteiger partial charge in [-0.2, -0.15) is 0 Å². The molecular formula is BiLaN2O6+4. The van der Waals surface area contributed by atoms with Gasteiger partial charge in [-0.15, -0.1) is 0 Å². The zero-order valence-electron chi connectivity index (χ0n) is 4.37. The molecule has 0 N–H and O–H groups in total. The minimum absolute atomic E-state index is 0. The van der Waals surface area contributed by atoms with Crippen LogP contribution in [0.1, 0.15) is 0 Å². The van der Waals surface area contributed by atoms with Gasteiger partial charge in [0, 0.05) is 0 Å². The molecule has 0 unspecified atom stereocenters. The van der Waals surface area contributed by atoms with E-state index in [-0.39, 0.29) is 61.8 Å². The van der Waals surface area contributed by atoms with E-state index in [0.29, 0.717) is 0 Å². The first-order valence-electron chi connectivity index (χ1n) is 1.10. The third-order valence-corrected chi connectivity index (χ3v) is 0. The second-order valence-corrected chi connectivity index (χ2v) is 0.447. The van der Waals surface area contributed by atoms with Crippen LogP contribution in [-0.2, 0) is 0 Å². The molecule has 0 aromatic rings. The smallest absolute Gasteiger partial charge is 0.356 e. The third kappa shape index (κ3) is 2080. The van der Waals surface area contributed by atoms with Crippen LogP contribution < -0.4 is 0 Å². The standard InChI is InChI=1S/Bi.La.2NO3/c;;2*2-1(3)4/q2*+3;2*-1. The predicted molar refractivity (Wildman–Crippen MR) is 26.5 cm³/mol. The molecule has 0 aliphatic carbocycles. The Labute approximate surface area is 102 Å². The Morgan fingerprint density at radius 1 is 0.800 bits per heavy atom. The summed E-state index contributed by atoms with van der Waals surface area (Å²) in [5.74, 6) is 0. The average molecular weight is 472 g/mol. The van der Waals surface area contributed by atoms with Crippen LogP contribution in [0.15, 0.2) is 0 Å². The topological polar surface area (TPSA) is 132 Å². The molecule has 0 fully saturated rings. The maximum absolute atomic E-state index is 8.25. The Bertz CT molecular complexity index is 73.7. The van der Waals surface area contributed by atoms with Crippen molar-refractivity contribution in [3.63, 3.8) is 0 Å². The second-order valence-electron chi connectivity index (χ2n) is 0.447. The molecule has 0 atom stereocenters. The third-order valence-electron chi connectivity index (χ3n) is 0. The van der Waals surface area contributed by atoms with E-state index in [0.717, 1.165) is 0 Å². The van der Waals surface area contributed by atoms with Gasteiger partial charge in [0.05, 0.1) is 10.2 Å². The molecule has 0 heterocycles. The molecule has 50 valence electrons. The van der Waals surface area contributed by atoms with E-state index in [1.807, 2.05) is 0 Å². The molecule has 0 aromatic carbocycles. The fourth-order valence-corrected chi connectivity index (χ4v) is 0. The Kier molecular flexibility index (Phi) is 36.4. The van der Waals surface area contributed by atoms with Crippen molar-refractivity contribution in [3.05, 3.63) is 30.6 Å². The summed E-state index contributed by atoms with van der Waals surface area (Å²) in [6.45, 7) is 0. The van der Waals surface area contributed by atoms with Crippen molar-refractivity contribution in [2.45, 2.75) is 0 Å². The van der Waals surface area contributed by atoms with Gasteiger partial charge in [-0.25, -0.2) is 0 Å². The molecule has 0 spiro atoms. The van der Waals surface area contributed by atoms with Gasteiger partial charge in [0.1, 0.15) is 0 Å². The van der Waals surface area contributed by atoms with E-state index < -0.39 is 10.2 Å². The van der Waals surface area contributed by atoms with Crippen molar-refractivity contribution in [2.75, 3.05) is 0 Å². The number of hydrogen-bond donors (Lipinski definition) is 0. The van der Waals surface area contributed by atoms with Gasteiger partial charge in [0.15, 0.2) is 0 Å². The molecule has 0 aliphatic rings. The predicted octanol–water partition coefficient (Wildman–Crippen LogP) is -0.859. The van der Waals surface area contributed by atoms with Gasteiger partial charge >= 0.3 is 61.8 Å². The molecular weight excluding hydrogens is 472 g/mol. The SMILES string of the molecule is O=[N+]([O-])[O-].O=[N+]([O-])[O-].[Bi+3].[La+3]. The summed E-state index contributed by atoms with van der Waals surface area (Å²) in [6.07, 6.45) is 0. The molecule has 10 heteroatoms. The van der Waals surface area contributed by atoms with Crippen LogP contribution in [0.5, 0.6) is 0 Å². The number of rotatable bonds is 0. The molecule has 0 aliphatic heterocycles. The Balaban J connectivity index is -0.0000000300. The van der Waals surface area contributed by atoms with Gasteiger partial charge in [-0.3, -0.25) is 0 Å². The van der Waals surface area contributed by atoms with Gasteiger partial charge in [0.25, 0.3) is 0 Å².